The summed E-state index contributed by atoms with van der Waals surface area (Å²) in [5, 5.41) is 0. The zero-order valence-corrected chi connectivity index (χ0v) is 12.0. The van der Waals surface area contributed by atoms with Gasteiger partial charge in [0.1, 0.15) is 11.4 Å². The number of likely N-dealkylation sites (tertiary alicyclic amines) is 1. The summed E-state index contributed by atoms with van der Waals surface area (Å²) in [7, 11) is 0. The summed E-state index contributed by atoms with van der Waals surface area (Å²) >= 11 is 0. The molecule has 0 spiro atoms. The minimum absolute atomic E-state index is 0.176. The number of hydrogen-bond acceptors (Lipinski definition) is 3. The molecule has 0 aromatic heterocycles. The average molecular weight is 255 g/mol. The van der Waals surface area contributed by atoms with Gasteiger partial charge in [0.15, 0.2) is 0 Å². The third kappa shape index (κ3) is 4.67. The second-order valence-corrected chi connectivity index (χ2v) is 5.90. The number of Topliss-reactive ketones (excluding diaryl/α,β-unsaturated/α-hetero) is 1. The van der Waals surface area contributed by atoms with Crippen molar-refractivity contribution >= 4 is 11.9 Å². The molecule has 0 radical (unpaired) electrons. The molecular weight excluding hydrogens is 230 g/mol. The summed E-state index contributed by atoms with van der Waals surface area (Å²) in [6, 6.07) is 0.176. The first-order valence-corrected chi connectivity index (χ1v) is 6.85. The van der Waals surface area contributed by atoms with Crippen molar-refractivity contribution in [2.75, 3.05) is 6.54 Å². The molecule has 0 aliphatic carbocycles. The summed E-state index contributed by atoms with van der Waals surface area (Å²) in [6.45, 7) is 8.24. The Hall–Kier alpha value is -1.06. The molecule has 1 heterocycles. The summed E-state index contributed by atoms with van der Waals surface area (Å²) in [5.74, 6) is 0.269. The summed E-state index contributed by atoms with van der Waals surface area (Å²) in [6.07, 6.45) is 3.67. The lowest BCUT2D eigenvalue weighted by atomic mass is 10.1. The van der Waals surface area contributed by atoms with Crippen LogP contribution in [0.15, 0.2) is 0 Å². The van der Waals surface area contributed by atoms with E-state index in [0.717, 1.165) is 25.8 Å². The Morgan fingerprint density at radius 1 is 1.33 bits per heavy atom. The molecular formula is C14H25NO3. The average Bonchev–Trinajstić information content (AvgIpc) is 2.71. The minimum Gasteiger partial charge on any atom is -0.444 e. The van der Waals surface area contributed by atoms with Crippen molar-refractivity contribution in [3.05, 3.63) is 0 Å². The molecule has 0 N–H and O–H groups in total. The van der Waals surface area contributed by atoms with Gasteiger partial charge in [-0.2, -0.15) is 0 Å². The quantitative estimate of drug-likeness (QED) is 0.775. The Kier molecular flexibility index (Phi) is 5.17. The first-order valence-electron chi connectivity index (χ1n) is 6.85. The fourth-order valence-electron chi connectivity index (χ4n) is 2.20. The van der Waals surface area contributed by atoms with E-state index in [1.807, 2.05) is 27.7 Å². The van der Waals surface area contributed by atoms with E-state index in [2.05, 4.69) is 0 Å². The molecule has 104 valence electrons. The number of ketones is 1. The van der Waals surface area contributed by atoms with Crippen LogP contribution in [0.5, 0.6) is 0 Å². The van der Waals surface area contributed by atoms with Crippen LogP contribution in [-0.4, -0.2) is 35.0 Å². The predicted octanol–water partition coefficient (Wildman–Crippen LogP) is 3.15. The number of carbonyl (C=O) groups is 2. The van der Waals surface area contributed by atoms with Crippen LogP contribution in [0.25, 0.3) is 0 Å². The molecule has 0 saturated carbocycles. The second-order valence-electron chi connectivity index (χ2n) is 5.90. The third-order valence-electron chi connectivity index (χ3n) is 3.16. The second kappa shape index (κ2) is 6.21. The standard InChI is InChI=1S/C14H25NO3/c1-5-12(16)9-8-11-7-6-10-15(11)13(17)18-14(2,3)4/h11H,5-10H2,1-4H3. The van der Waals surface area contributed by atoms with Crippen molar-refractivity contribution in [1.29, 1.82) is 0 Å². The van der Waals surface area contributed by atoms with Gasteiger partial charge in [-0.05, 0) is 40.0 Å². The molecule has 1 atom stereocenters. The Balaban J connectivity index is 2.49. The Morgan fingerprint density at radius 3 is 2.56 bits per heavy atom. The number of rotatable bonds is 4. The van der Waals surface area contributed by atoms with Crippen LogP contribution in [0.3, 0.4) is 0 Å². The third-order valence-corrected chi connectivity index (χ3v) is 3.16. The zero-order valence-electron chi connectivity index (χ0n) is 12.0. The first-order chi connectivity index (χ1) is 8.33. The molecule has 1 unspecified atom stereocenters. The Morgan fingerprint density at radius 2 is 2.00 bits per heavy atom. The molecule has 1 amide bonds. The highest BCUT2D eigenvalue weighted by Crippen LogP contribution is 2.24. The smallest absolute Gasteiger partial charge is 0.410 e. The van der Waals surface area contributed by atoms with Gasteiger partial charge < -0.3 is 9.64 Å². The molecule has 1 aliphatic heterocycles. The van der Waals surface area contributed by atoms with E-state index in [1.54, 1.807) is 4.90 Å². The highest BCUT2D eigenvalue weighted by Gasteiger charge is 2.31. The van der Waals surface area contributed by atoms with Gasteiger partial charge in [-0.1, -0.05) is 6.92 Å². The first kappa shape index (κ1) is 15.0. The fraction of sp³-hybridized carbons (Fsp3) is 0.857. The molecule has 0 aromatic rings. The summed E-state index contributed by atoms with van der Waals surface area (Å²) in [4.78, 5) is 25.1. The number of hydrogen-bond donors (Lipinski definition) is 0. The number of nitrogens with zero attached hydrogens (tertiary/aromatic N) is 1. The lowest BCUT2D eigenvalue weighted by molar-refractivity contribution is -0.119. The molecule has 1 rings (SSSR count). The van der Waals surface area contributed by atoms with Crippen LogP contribution in [-0.2, 0) is 9.53 Å². The zero-order chi connectivity index (χ0) is 13.8. The van der Waals surface area contributed by atoms with Crippen molar-refractivity contribution in [3.8, 4) is 0 Å². The van der Waals surface area contributed by atoms with Crippen molar-refractivity contribution in [2.24, 2.45) is 0 Å². The van der Waals surface area contributed by atoms with E-state index in [1.165, 1.54) is 0 Å². The van der Waals surface area contributed by atoms with Crippen molar-refractivity contribution in [1.82, 2.24) is 4.90 Å². The van der Waals surface area contributed by atoms with Gasteiger partial charge in [0.05, 0.1) is 0 Å². The highest BCUT2D eigenvalue weighted by atomic mass is 16.6. The molecule has 18 heavy (non-hydrogen) atoms. The van der Waals surface area contributed by atoms with Gasteiger partial charge in [-0.25, -0.2) is 4.79 Å². The Bertz CT molecular complexity index is 307. The Labute approximate surface area is 110 Å². The van der Waals surface area contributed by atoms with Crippen LogP contribution in [0.4, 0.5) is 4.79 Å². The highest BCUT2D eigenvalue weighted by molar-refractivity contribution is 5.78. The maximum Gasteiger partial charge on any atom is 0.410 e. The van der Waals surface area contributed by atoms with E-state index in [0.29, 0.717) is 12.8 Å². The van der Waals surface area contributed by atoms with Crippen LogP contribution in [0, 0.1) is 0 Å². The van der Waals surface area contributed by atoms with E-state index in [9.17, 15) is 9.59 Å². The van der Waals surface area contributed by atoms with Crippen LogP contribution >= 0.6 is 0 Å². The van der Waals surface area contributed by atoms with Crippen molar-refractivity contribution in [2.45, 2.75) is 71.4 Å². The molecule has 4 nitrogen and oxygen atoms in total. The van der Waals surface area contributed by atoms with Crippen LogP contribution < -0.4 is 0 Å². The van der Waals surface area contributed by atoms with Crippen LogP contribution in [0.2, 0.25) is 0 Å². The van der Waals surface area contributed by atoms with E-state index in [-0.39, 0.29) is 17.9 Å². The minimum atomic E-state index is -0.455. The van der Waals surface area contributed by atoms with Gasteiger partial charge in [0.2, 0.25) is 0 Å². The van der Waals surface area contributed by atoms with Crippen LogP contribution in [0.1, 0.15) is 59.8 Å². The van der Waals surface area contributed by atoms with Gasteiger partial charge in [-0.15, -0.1) is 0 Å². The van der Waals surface area contributed by atoms with E-state index < -0.39 is 5.60 Å². The molecule has 0 aromatic carbocycles. The maximum absolute atomic E-state index is 12.0. The largest absolute Gasteiger partial charge is 0.444 e. The lowest BCUT2D eigenvalue weighted by Crippen LogP contribution is -2.39. The topological polar surface area (TPSA) is 46.6 Å². The molecule has 1 saturated heterocycles. The van der Waals surface area contributed by atoms with Gasteiger partial charge in [0, 0.05) is 25.4 Å². The van der Waals surface area contributed by atoms with E-state index in [4.69, 9.17) is 4.74 Å². The van der Waals surface area contributed by atoms with E-state index >= 15 is 0 Å². The van der Waals surface area contributed by atoms with Crippen molar-refractivity contribution in [3.63, 3.8) is 0 Å². The van der Waals surface area contributed by atoms with Gasteiger partial charge in [-0.3, -0.25) is 4.79 Å². The normalized spacial score (nSPS) is 20.0. The lowest BCUT2D eigenvalue weighted by Gasteiger charge is -2.28. The molecule has 4 heteroatoms. The fourth-order valence-corrected chi connectivity index (χ4v) is 2.20. The number of amides is 1. The molecule has 1 fully saturated rings. The molecule has 0 bridgehead atoms. The van der Waals surface area contributed by atoms with Crippen molar-refractivity contribution < 1.29 is 14.3 Å². The summed E-state index contributed by atoms with van der Waals surface area (Å²) < 4.78 is 5.39. The maximum atomic E-state index is 12.0. The summed E-state index contributed by atoms with van der Waals surface area (Å²) in [5.41, 5.74) is -0.455. The number of ether oxygens (including phenoxy) is 1. The predicted molar refractivity (Wildman–Crippen MR) is 70.5 cm³/mol. The van der Waals surface area contributed by atoms with Gasteiger partial charge in [0.25, 0.3) is 0 Å². The van der Waals surface area contributed by atoms with Gasteiger partial charge >= 0.3 is 6.09 Å². The SMILES string of the molecule is CCC(=O)CCC1CCCN1C(=O)OC(C)(C)C. The monoisotopic (exact) mass is 255 g/mol. The molecule has 1 aliphatic rings. The number of carbonyl (C=O) groups excluding carboxylic acids is 2.